The van der Waals surface area contributed by atoms with Crippen LogP contribution in [0.1, 0.15) is 18.4 Å². The van der Waals surface area contributed by atoms with Crippen LogP contribution in [0.15, 0.2) is 34.9 Å². The first-order chi connectivity index (χ1) is 10.1. The summed E-state index contributed by atoms with van der Waals surface area (Å²) in [5, 5.41) is 8.80. The highest BCUT2D eigenvalue weighted by atomic mass is 32.2. The molecule has 5 nitrogen and oxygen atoms in total. The van der Waals surface area contributed by atoms with Crippen LogP contribution in [0.25, 0.3) is 5.57 Å². The molecule has 1 heterocycles. The SMILES string of the molecule is COC1=C(c2ccc(SC)cc2)C(CCC(=O)O)OC1=O. The van der Waals surface area contributed by atoms with Crippen molar-refractivity contribution in [2.45, 2.75) is 23.8 Å². The molecule has 0 saturated carbocycles. The first kappa shape index (κ1) is 15.4. The molecule has 1 aliphatic heterocycles. The maximum atomic E-state index is 11.8. The van der Waals surface area contributed by atoms with Crippen LogP contribution >= 0.6 is 11.8 Å². The molecule has 0 spiro atoms. The Labute approximate surface area is 126 Å². The Bertz CT molecular complexity index is 576. The number of esters is 1. The molecule has 1 N–H and O–H groups in total. The Morgan fingerprint density at radius 1 is 1.38 bits per heavy atom. The molecule has 0 radical (unpaired) electrons. The number of methoxy groups -OCH3 is 1. The van der Waals surface area contributed by atoms with E-state index in [4.69, 9.17) is 14.6 Å². The highest BCUT2D eigenvalue weighted by Crippen LogP contribution is 2.35. The summed E-state index contributed by atoms with van der Waals surface area (Å²) in [6.07, 6.45) is 1.56. The predicted octanol–water partition coefficient (Wildman–Crippen LogP) is 2.56. The van der Waals surface area contributed by atoms with Gasteiger partial charge in [-0.2, -0.15) is 0 Å². The molecule has 0 amide bonds. The third-order valence-corrected chi connectivity index (χ3v) is 3.97. The van der Waals surface area contributed by atoms with Gasteiger partial charge in [0.25, 0.3) is 0 Å². The number of rotatable bonds is 6. The first-order valence-corrected chi connectivity index (χ1v) is 7.64. The number of carbonyl (C=O) groups excluding carboxylic acids is 1. The van der Waals surface area contributed by atoms with E-state index >= 15 is 0 Å². The van der Waals surface area contributed by atoms with Crippen LogP contribution < -0.4 is 0 Å². The van der Waals surface area contributed by atoms with Crippen molar-refractivity contribution in [1.29, 1.82) is 0 Å². The van der Waals surface area contributed by atoms with Gasteiger partial charge in [-0.1, -0.05) is 12.1 Å². The number of carbonyl (C=O) groups is 2. The lowest BCUT2D eigenvalue weighted by Gasteiger charge is -2.13. The lowest BCUT2D eigenvalue weighted by molar-refractivity contribution is -0.144. The van der Waals surface area contributed by atoms with Gasteiger partial charge in [-0.3, -0.25) is 4.79 Å². The molecule has 1 atom stereocenters. The lowest BCUT2D eigenvalue weighted by Crippen LogP contribution is -2.13. The van der Waals surface area contributed by atoms with E-state index in [0.717, 1.165) is 10.5 Å². The number of aliphatic carboxylic acids is 1. The van der Waals surface area contributed by atoms with Crippen LogP contribution in [-0.4, -0.2) is 36.5 Å². The molecule has 2 rings (SSSR count). The Kier molecular flexibility index (Phi) is 4.90. The number of carboxylic acids is 1. The molecule has 6 heteroatoms. The smallest absolute Gasteiger partial charge is 0.374 e. The first-order valence-electron chi connectivity index (χ1n) is 6.42. The third-order valence-electron chi connectivity index (χ3n) is 3.23. The van der Waals surface area contributed by atoms with E-state index < -0.39 is 18.0 Å². The van der Waals surface area contributed by atoms with Gasteiger partial charge in [-0.25, -0.2) is 4.79 Å². The van der Waals surface area contributed by atoms with E-state index in [1.54, 1.807) is 11.8 Å². The fourth-order valence-corrected chi connectivity index (χ4v) is 2.64. The third kappa shape index (κ3) is 3.39. The van der Waals surface area contributed by atoms with Crippen molar-refractivity contribution in [2.24, 2.45) is 0 Å². The fraction of sp³-hybridized carbons (Fsp3) is 0.333. The van der Waals surface area contributed by atoms with Gasteiger partial charge in [0.15, 0.2) is 0 Å². The molecule has 1 aliphatic rings. The maximum absolute atomic E-state index is 11.8. The van der Waals surface area contributed by atoms with Gasteiger partial charge in [-0.05, 0) is 30.4 Å². The molecule has 0 saturated heterocycles. The number of ether oxygens (including phenoxy) is 2. The van der Waals surface area contributed by atoms with Crippen LogP contribution in [0.3, 0.4) is 0 Å². The van der Waals surface area contributed by atoms with E-state index in [9.17, 15) is 9.59 Å². The largest absolute Gasteiger partial charge is 0.490 e. The number of hydrogen-bond acceptors (Lipinski definition) is 5. The van der Waals surface area contributed by atoms with Crippen molar-refractivity contribution in [2.75, 3.05) is 13.4 Å². The zero-order valence-corrected chi connectivity index (χ0v) is 12.6. The molecule has 0 aromatic heterocycles. The Morgan fingerprint density at radius 3 is 2.57 bits per heavy atom. The van der Waals surface area contributed by atoms with Crippen LogP contribution in [0.5, 0.6) is 0 Å². The summed E-state index contributed by atoms with van der Waals surface area (Å²) < 4.78 is 10.4. The van der Waals surface area contributed by atoms with Crippen molar-refractivity contribution in [3.63, 3.8) is 0 Å². The van der Waals surface area contributed by atoms with Gasteiger partial charge in [0.05, 0.1) is 7.11 Å². The van der Waals surface area contributed by atoms with Crippen LogP contribution in [0.2, 0.25) is 0 Å². The predicted molar refractivity (Wildman–Crippen MR) is 78.9 cm³/mol. The van der Waals surface area contributed by atoms with Gasteiger partial charge in [0.2, 0.25) is 5.76 Å². The zero-order valence-electron chi connectivity index (χ0n) is 11.8. The highest BCUT2D eigenvalue weighted by molar-refractivity contribution is 7.98. The molecule has 1 aromatic carbocycles. The molecule has 0 bridgehead atoms. The van der Waals surface area contributed by atoms with Gasteiger partial charge < -0.3 is 14.6 Å². The summed E-state index contributed by atoms with van der Waals surface area (Å²) in [7, 11) is 1.41. The monoisotopic (exact) mass is 308 g/mol. The van der Waals surface area contributed by atoms with E-state index in [2.05, 4.69) is 0 Å². The number of carboxylic acid groups (broad SMARTS) is 1. The van der Waals surface area contributed by atoms with E-state index in [1.165, 1.54) is 7.11 Å². The zero-order chi connectivity index (χ0) is 15.4. The summed E-state index contributed by atoms with van der Waals surface area (Å²) in [6, 6.07) is 7.65. The summed E-state index contributed by atoms with van der Waals surface area (Å²) in [5.41, 5.74) is 1.43. The van der Waals surface area contributed by atoms with Gasteiger partial charge in [-0.15, -0.1) is 11.8 Å². The second-order valence-electron chi connectivity index (χ2n) is 4.50. The summed E-state index contributed by atoms with van der Waals surface area (Å²) in [6.45, 7) is 0. The molecule has 0 aliphatic carbocycles. The summed E-state index contributed by atoms with van der Waals surface area (Å²) in [4.78, 5) is 23.6. The average molecular weight is 308 g/mol. The molecule has 1 unspecified atom stereocenters. The van der Waals surface area contributed by atoms with Gasteiger partial charge >= 0.3 is 11.9 Å². The second-order valence-corrected chi connectivity index (χ2v) is 5.38. The summed E-state index contributed by atoms with van der Waals surface area (Å²) in [5.74, 6) is -1.31. The average Bonchev–Trinajstić information content (AvgIpc) is 2.81. The Hall–Kier alpha value is -1.95. The van der Waals surface area contributed by atoms with Crippen LogP contribution in [0.4, 0.5) is 0 Å². The molecule has 112 valence electrons. The highest BCUT2D eigenvalue weighted by Gasteiger charge is 2.36. The Morgan fingerprint density at radius 2 is 2.05 bits per heavy atom. The van der Waals surface area contributed by atoms with E-state index in [0.29, 0.717) is 5.57 Å². The maximum Gasteiger partial charge on any atom is 0.374 e. The van der Waals surface area contributed by atoms with Gasteiger partial charge in [0, 0.05) is 16.9 Å². The summed E-state index contributed by atoms with van der Waals surface area (Å²) >= 11 is 1.62. The van der Waals surface area contributed by atoms with Crippen molar-refractivity contribution >= 4 is 29.3 Å². The van der Waals surface area contributed by atoms with Crippen molar-refractivity contribution < 1.29 is 24.2 Å². The number of benzene rings is 1. The van der Waals surface area contributed by atoms with Crippen LogP contribution in [0, 0.1) is 0 Å². The van der Waals surface area contributed by atoms with Crippen molar-refractivity contribution in [3.8, 4) is 0 Å². The quantitative estimate of drug-likeness (QED) is 0.643. The molecular formula is C15H16O5S. The number of thioether (sulfide) groups is 1. The second kappa shape index (κ2) is 6.67. The fourth-order valence-electron chi connectivity index (χ4n) is 2.24. The Balaban J connectivity index is 2.33. The van der Waals surface area contributed by atoms with Crippen molar-refractivity contribution in [1.82, 2.24) is 0 Å². The molecule has 21 heavy (non-hydrogen) atoms. The number of cyclic esters (lactones) is 1. The normalized spacial score (nSPS) is 17.8. The number of hydrogen-bond donors (Lipinski definition) is 1. The minimum atomic E-state index is -0.922. The van der Waals surface area contributed by atoms with Crippen LogP contribution in [-0.2, 0) is 19.1 Å². The van der Waals surface area contributed by atoms with E-state index in [-0.39, 0.29) is 18.6 Å². The van der Waals surface area contributed by atoms with Gasteiger partial charge in [0.1, 0.15) is 6.10 Å². The standard InChI is InChI=1S/C15H16O5S/c1-19-14-13(9-3-5-10(21-2)6-4-9)11(20-15(14)18)7-8-12(16)17/h3-6,11H,7-8H2,1-2H3,(H,16,17). The minimum absolute atomic E-state index is 0.0681. The molecule has 0 fully saturated rings. The topological polar surface area (TPSA) is 72.8 Å². The van der Waals surface area contributed by atoms with E-state index in [1.807, 2.05) is 30.5 Å². The lowest BCUT2D eigenvalue weighted by atomic mass is 9.97. The molecule has 1 aromatic rings. The minimum Gasteiger partial charge on any atom is -0.490 e. The molecular weight excluding hydrogens is 292 g/mol. The van der Waals surface area contributed by atoms with Crippen molar-refractivity contribution in [3.05, 3.63) is 35.6 Å².